The lowest BCUT2D eigenvalue weighted by atomic mass is 10.3. The number of benzene rings is 1. The number of halogens is 1. The molecule has 3 rings (SSSR count). The molecule has 0 fully saturated rings. The molecule has 0 aliphatic carbocycles. The van der Waals surface area contributed by atoms with Crippen LogP contribution >= 0.6 is 11.6 Å². The third-order valence-electron chi connectivity index (χ3n) is 3.16. The highest BCUT2D eigenvalue weighted by Crippen LogP contribution is 2.24. The first-order valence-corrected chi connectivity index (χ1v) is 7.61. The maximum Gasteiger partial charge on any atom is 0.219 e. The van der Waals surface area contributed by atoms with Gasteiger partial charge in [0, 0.05) is 24.0 Å². The van der Waals surface area contributed by atoms with Crippen LogP contribution in [0.1, 0.15) is 5.56 Å². The topological polar surface area (TPSA) is 53.5 Å². The van der Waals surface area contributed by atoms with Crippen LogP contribution in [0.2, 0.25) is 5.02 Å². The van der Waals surface area contributed by atoms with E-state index in [-0.39, 0.29) is 0 Å². The first kappa shape index (κ1) is 16.1. The lowest BCUT2D eigenvalue weighted by molar-refractivity contribution is 0.304. The Kier molecular flexibility index (Phi) is 5.13. The van der Waals surface area contributed by atoms with Gasteiger partial charge in [0.05, 0.1) is 18.3 Å². The maximum absolute atomic E-state index is 5.79. The molecule has 0 radical (unpaired) electrons. The van der Waals surface area contributed by atoms with E-state index in [9.17, 15) is 0 Å². The van der Waals surface area contributed by atoms with Gasteiger partial charge in [-0.25, -0.2) is 4.98 Å². The fourth-order valence-electron chi connectivity index (χ4n) is 1.97. The van der Waals surface area contributed by atoms with E-state index in [1.807, 2.05) is 30.3 Å². The van der Waals surface area contributed by atoms with Crippen LogP contribution in [-0.4, -0.2) is 17.1 Å². The van der Waals surface area contributed by atoms with E-state index in [2.05, 4.69) is 9.97 Å². The Morgan fingerprint density at radius 2 is 1.71 bits per heavy atom. The highest BCUT2D eigenvalue weighted by molar-refractivity contribution is 6.30. The first-order chi connectivity index (χ1) is 11.7. The van der Waals surface area contributed by atoms with Crippen LogP contribution in [0.3, 0.4) is 0 Å². The molecular weight excluding hydrogens is 328 g/mol. The number of nitrogens with zero attached hydrogens (tertiary/aromatic N) is 2. The molecule has 0 N–H and O–H groups in total. The lowest BCUT2D eigenvalue weighted by Crippen LogP contribution is -1.97. The molecular formula is C18H15ClN2O3. The van der Waals surface area contributed by atoms with Crippen LogP contribution in [0.25, 0.3) is 0 Å². The fourth-order valence-corrected chi connectivity index (χ4v) is 2.08. The molecule has 0 spiro atoms. The van der Waals surface area contributed by atoms with E-state index in [4.69, 9.17) is 25.8 Å². The average Bonchev–Trinajstić information content (AvgIpc) is 2.63. The van der Waals surface area contributed by atoms with Crippen LogP contribution in [0.5, 0.6) is 23.1 Å². The van der Waals surface area contributed by atoms with Gasteiger partial charge in [-0.05, 0) is 36.4 Å². The van der Waals surface area contributed by atoms with Crippen molar-refractivity contribution in [2.45, 2.75) is 6.61 Å². The number of ether oxygens (including phenoxy) is 3. The number of aromatic nitrogens is 2. The fraction of sp³-hybridized carbons (Fsp3) is 0.111. The Bertz CT molecular complexity index is 792. The van der Waals surface area contributed by atoms with Gasteiger partial charge in [-0.3, -0.25) is 4.98 Å². The molecule has 0 saturated carbocycles. The molecule has 2 aromatic heterocycles. The summed E-state index contributed by atoms with van der Waals surface area (Å²) in [6, 6.07) is 12.6. The lowest BCUT2D eigenvalue weighted by Gasteiger charge is -2.08. The van der Waals surface area contributed by atoms with Crippen molar-refractivity contribution in [3.8, 4) is 23.1 Å². The van der Waals surface area contributed by atoms with Crippen molar-refractivity contribution in [3.63, 3.8) is 0 Å². The normalized spacial score (nSPS) is 10.2. The second-order valence-electron chi connectivity index (χ2n) is 4.91. The number of hydrogen-bond donors (Lipinski definition) is 0. The molecule has 0 bridgehead atoms. The number of hydrogen-bond acceptors (Lipinski definition) is 5. The van der Waals surface area contributed by atoms with Crippen LogP contribution < -0.4 is 14.2 Å². The van der Waals surface area contributed by atoms with E-state index >= 15 is 0 Å². The van der Waals surface area contributed by atoms with Crippen LogP contribution in [0.15, 0.2) is 61.1 Å². The van der Waals surface area contributed by atoms with Crippen LogP contribution in [-0.2, 0) is 6.61 Å². The molecule has 24 heavy (non-hydrogen) atoms. The average molecular weight is 343 g/mol. The molecule has 0 aliphatic heterocycles. The second-order valence-corrected chi connectivity index (χ2v) is 5.35. The Labute approximate surface area is 144 Å². The van der Waals surface area contributed by atoms with Crippen molar-refractivity contribution < 1.29 is 14.2 Å². The van der Waals surface area contributed by atoms with Crippen molar-refractivity contribution in [3.05, 3.63) is 71.6 Å². The van der Waals surface area contributed by atoms with Crippen molar-refractivity contribution in [2.24, 2.45) is 0 Å². The third-order valence-corrected chi connectivity index (χ3v) is 3.38. The highest BCUT2D eigenvalue weighted by Gasteiger charge is 2.02. The maximum atomic E-state index is 5.79. The monoisotopic (exact) mass is 342 g/mol. The van der Waals surface area contributed by atoms with Gasteiger partial charge in [0.1, 0.15) is 23.9 Å². The molecule has 5 nitrogen and oxygen atoms in total. The summed E-state index contributed by atoms with van der Waals surface area (Å²) in [6.45, 7) is 0.406. The van der Waals surface area contributed by atoms with Crippen molar-refractivity contribution in [2.75, 3.05) is 7.11 Å². The summed E-state index contributed by atoms with van der Waals surface area (Å²) in [5, 5.41) is 0.568. The molecule has 1 aromatic carbocycles. The van der Waals surface area contributed by atoms with E-state index in [1.165, 1.54) is 6.20 Å². The van der Waals surface area contributed by atoms with Gasteiger partial charge in [-0.2, -0.15) is 0 Å². The molecule has 0 atom stereocenters. The molecule has 0 aliphatic rings. The van der Waals surface area contributed by atoms with E-state index in [0.717, 1.165) is 11.3 Å². The molecule has 6 heteroatoms. The summed E-state index contributed by atoms with van der Waals surface area (Å²) in [4.78, 5) is 8.18. The van der Waals surface area contributed by atoms with Crippen molar-refractivity contribution >= 4 is 11.6 Å². The molecule has 122 valence electrons. The Morgan fingerprint density at radius 3 is 2.42 bits per heavy atom. The van der Waals surface area contributed by atoms with Crippen molar-refractivity contribution in [1.82, 2.24) is 9.97 Å². The highest BCUT2D eigenvalue weighted by atomic mass is 35.5. The molecule has 0 amide bonds. The Balaban J connectivity index is 1.58. The van der Waals surface area contributed by atoms with Crippen molar-refractivity contribution in [1.29, 1.82) is 0 Å². The van der Waals surface area contributed by atoms with Crippen LogP contribution in [0, 0.1) is 0 Å². The number of pyridine rings is 2. The number of rotatable bonds is 6. The summed E-state index contributed by atoms with van der Waals surface area (Å²) in [5.41, 5.74) is 0.931. The predicted octanol–water partition coefficient (Wildman–Crippen LogP) is 4.51. The zero-order valence-electron chi connectivity index (χ0n) is 13.0. The van der Waals surface area contributed by atoms with E-state index < -0.39 is 0 Å². The number of methoxy groups -OCH3 is 1. The summed E-state index contributed by atoms with van der Waals surface area (Å²) in [6.07, 6.45) is 4.93. The van der Waals surface area contributed by atoms with Gasteiger partial charge >= 0.3 is 0 Å². The first-order valence-electron chi connectivity index (χ1n) is 7.23. The van der Waals surface area contributed by atoms with Crippen LogP contribution in [0.4, 0.5) is 0 Å². The second kappa shape index (κ2) is 7.66. The van der Waals surface area contributed by atoms with Gasteiger partial charge < -0.3 is 14.2 Å². The minimum atomic E-state index is 0.406. The standard InChI is InChI=1S/C18H15ClN2O3/c1-22-17-8-13(9-20-11-17)12-23-15-3-5-16(6-4-15)24-18-7-2-14(19)10-21-18/h2-11H,12H2,1H3. The zero-order chi connectivity index (χ0) is 16.8. The van der Waals surface area contributed by atoms with Gasteiger partial charge in [0.2, 0.25) is 5.88 Å². The Hall–Kier alpha value is -2.79. The van der Waals surface area contributed by atoms with Gasteiger partial charge in [0.25, 0.3) is 0 Å². The molecule has 3 aromatic rings. The smallest absolute Gasteiger partial charge is 0.219 e. The Morgan fingerprint density at radius 1 is 0.917 bits per heavy atom. The van der Waals surface area contributed by atoms with Gasteiger partial charge in [0.15, 0.2) is 0 Å². The van der Waals surface area contributed by atoms with E-state index in [1.54, 1.807) is 31.6 Å². The molecule has 0 unspecified atom stereocenters. The van der Waals surface area contributed by atoms with E-state index in [0.29, 0.717) is 29.0 Å². The summed E-state index contributed by atoms with van der Waals surface area (Å²) < 4.78 is 16.5. The summed E-state index contributed by atoms with van der Waals surface area (Å²) in [5.74, 6) is 2.58. The van der Waals surface area contributed by atoms with Gasteiger partial charge in [-0.15, -0.1) is 0 Å². The minimum absolute atomic E-state index is 0.406. The molecule has 0 saturated heterocycles. The SMILES string of the molecule is COc1cncc(COc2ccc(Oc3ccc(Cl)cn3)cc2)c1. The minimum Gasteiger partial charge on any atom is -0.495 e. The summed E-state index contributed by atoms with van der Waals surface area (Å²) >= 11 is 5.79. The van der Waals surface area contributed by atoms with Gasteiger partial charge in [-0.1, -0.05) is 11.6 Å². The largest absolute Gasteiger partial charge is 0.495 e. The predicted molar refractivity (Wildman–Crippen MR) is 90.9 cm³/mol. The zero-order valence-corrected chi connectivity index (χ0v) is 13.7. The summed E-state index contributed by atoms with van der Waals surface area (Å²) in [7, 11) is 1.61. The molecule has 2 heterocycles. The third kappa shape index (κ3) is 4.36. The quantitative estimate of drug-likeness (QED) is 0.659.